The predicted octanol–water partition coefficient (Wildman–Crippen LogP) is 2.96. The molecule has 3 rings (SSSR count). The number of amides is 1. The standard InChI is InChI=1S/C19H25F3N2O2/c1-24-9-10-26-16(13-24)12-23-17(25)18(7-2-3-8-18)14-5-4-6-15(11-14)19(20,21)22/h4-6,11,16H,2-3,7-10,12-13H2,1H3,(H,23,25)/t16-/m1/s1. The van der Waals surface area contributed by atoms with Crippen LogP contribution in [0, 0.1) is 0 Å². The number of alkyl halides is 3. The van der Waals surface area contributed by atoms with E-state index in [1.54, 1.807) is 6.07 Å². The second-order valence-electron chi connectivity index (χ2n) is 7.33. The molecule has 0 bridgehead atoms. The zero-order valence-electron chi connectivity index (χ0n) is 14.9. The lowest BCUT2D eigenvalue weighted by atomic mass is 9.77. The van der Waals surface area contributed by atoms with E-state index in [1.165, 1.54) is 6.07 Å². The SMILES string of the molecule is CN1CCO[C@H](CNC(=O)C2(c3cccc(C(F)(F)F)c3)CCCC2)C1. The molecule has 0 spiro atoms. The Morgan fingerprint density at radius 3 is 2.73 bits per heavy atom. The van der Waals surface area contributed by atoms with Crippen LogP contribution in [0.4, 0.5) is 13.2 Å². The molecule has 1 aliphatic heterocycles. The summed E-state index contributed by atoms with van der Waals surface area (Å²) in [4.78, 5) is 15.1. The monoisotopic (exact) mass is 370 g/mol. The maximum atomic E-state index is 13.1. The Morgan fingerprint density at radius 1 is 1.35 bits per heavy atom. The summed E-state index contributed by atoms with van der Waals surface area (Å²) in [6.07, 6.45) is -1.67. The molecule has 26 heavy (non-hydrogen) atoms. The van der Waals surface area contributed by atoms with E-state index >= 15 is 0 Å². The van der Waals surface area contributed by atoms with Crippen LogP contribution in [0.2, 0.25) is 0 Å². The first-order valence-electron chi connectivity index (χ1n) is 9.07. The summed E-state index contributed by atoms with van der Waals surface area (Å²) in [6, 6.07) is 5.22. The van der Waals surface area contributed by atoms with Crippen LogP contribution in [0.1, 0.15) is 36.8 Å². The van der Waals surface area contributed by atoms with Crippen LogP contribution >= 0.6 is 0 Å². The number of carbonyl (C=O) groups excluding carboxylic acids is 1. The number of carbonyl (C=O) groups is 1. The Balaban J connectivity index is 1.76. The van der Waals surface area contributed by atoms with Crippen molar-refractivity contribution in [3.05, 3.63) is 35.4 Å². The van der Waals surface area contributed by atoms with E-state index in [0.717, 1.165) is 38.1 Å². The number of hydrogen-bond donors (Lipinski definition) is 1. The summed E-state index contributed by atoms with van der Waals surface area (Å²) in [7, 11) is 2.00. The first-order valence-corrected chi connectivity index (χ1v) is 9.07. The third kappa shape index (κ3) is 4.04. The molecular weight excluding hydrogens is 345 g/mol. The van der Waals surface area contributed by atoms with Crippen molar-refractivity contribution in [1.29, 1.82) is 0 Å². The summed E-state index contributed by atoms with van der Waals surface area (Å²) >= 11 is 0. The van der Waals surface area contributed by atoms with E-state index in [1.807, 2.05) is 7.05 Å². The minimum Gasteiger partial charge on any atom is -0.374 e. The lowest BCUT2D eigenvalue weighted by Crippen LogP contribution is -2.49. The average molecular weight is 370 g/mol. The lowest BCUT2D eigenvalue weighted by molar-refractivity contribution is -0.138. The van der Waals surface area contributed by atoms with Gasteiger partial charge in [-0.2, -0.15) is 13.2 Å². The minimum atomic E-state index is -4.41. The molecule has 1 aromatic carbocycles. The molecule has 1 aromatic rings. The molecule has 2 fully saturated rings. The molecule has 1 aliphatic carbocycles. The Bertz CT molecular complexity index is 642. The van der Waals surface area contributed by atoms with Crippen molar-refractivity contribution in [3.8, 4) is 0 Å². The number of hydrogen-bond acceptors (Lipinski definition) is 3. The van der Waals surface area contributed by atoms with E-state index in [2.05, 4.69) is 10.2 Å². The van der Waals surface area contributed by atoms with Crippen LogP contribution in [-0.4, -0.2) is 50.2 Å². The van der Waals surface area contributed by atoms with Gasteiger partial charge in [-0.1, -0.05) is 31.0 Å². The highest BCUT2D eigenvalue weighted by Crippen LogP contribution is 2.43. The van der Waals surface area contributed by atoms with E-state index in [4.69, 9.17) is 4.74 Å². The smallest absolute Gasteiger partial charge is 0.374 e. The van der Waals surface area contributed by atoms with Crippen molar-refractivity contribution >= 4 is 5.91 Å². The maximum absolute atomic E-state index is 13.1. The van der Waals surface area contributed by atoms with Crippen LogP contribution in [0.25, 0.3) is 0 Å². The van der Waals surface area contributed by atoms with Gasteiger partial charge in [0.05, 0.1) is 23.7 Å². The van der Waals surface area contributed by atoms with Gasteiger partial charge in [-0.3, -0.25) is 4.79 Å². The number of morpholine rings is 1. The summed E-state index contributed by atoms with van der Waals surface area (Å²) < 4.78 is 44.9. The second kappa shape index (κ2) is 7.56. The Kier molecular flexibility index (Phi) is 5.58. The van der Waals surface area contributed by atoms with Crippen molar-refractivity contribution < 1.29 is 22.7 Å². The van der Waals surface area contributed by atoms with Gasteiger partial charge in [0, 0.05) is 19.6 Å². The Hall–Kier alpha value is -1.60. The normalized spacial score (nSPS) is 23.8. The van der Waals surface area contributed by atoms with Gasteiger partial charge in [0.15, 0.2) is 0 Å². The van der Waals surface area contributed by atoms with E-state index in [-0.39, 0.29) is 12.0 Å². The summed E-state index contributed by atoms with van der Waals surface area (Å²) in [5, 5.41) is 2.94. The van der Waals surface area contributed by atoms with Crippen LogP contribution < -0.4 is 5.32 Å². The molecule has 144 valence electrons. The topological polar surface area (TPSA) is 41.6 Å². The van der Waals surface area contributed by atoms with Gasteiger partial charge in [0.1, 0.15) is 0 Å². The fourth-order valence-corrected chi connectivity index (χ4v) is 3.98. The van der Waals surface area contributed by atoms with E-state index in [0.29, 0.717) is 31.6 Å². The number of nitrogens with one attached hydrogen (secondary N) is 1. The van der Waals surface area contributed by atoms with Crippen LogP contribution in [0.15, 0.2) is 24.3 Å². The van der Waals surface area contributed by atoms with Crippen molar-refractivity contribution in [2.75, 3.05) is 33.3 Å². The third-order valence-corrected chi connectivity index (χ3v) is 5.47. The second-order valence-corrected chi connectivity index (χ2v) is 7.33. The first-order chi connectivity index (χ1) is 12.3. The zero-order valence-corrected chi connectivity index (χ0v) is 14.9. The summed E-state index contributed by atoms with van der Waals surface area (Å²) in [6.45, 7) is 2.59. The Labute approximate surface area is 151 Å². The fraction of sp³-hybridized carbons (Fsp3) is 0.632. The number of benzene rings is 1. The quantitative estimate of drug-likeness (QED) is 0.886. The van der Waals surface area contributed by atoms with Gasteiger partial charge < -0.3 is 15.0 Å². The fourth-order valence-electron chi connectivity index (χ4n) is 3.98. The molecule has 1 amide bonds. The van der Waals surface area contributed by atoms with Gasteiger partial charge in [-0.05, 0) is 31.5 Å². The number of halogens is 3. The molecule has 0 aromatic heterocycles. The van der Waals surface area contributed by atoms with Crippen LogP contribution in [0.5, 0.6) is 0 Å². The van der Waals surface area contributed by atoms with Crippen molar-refractivity contribution in [1.82, 2.24) is 10.2 Å². The molecular formula is C19H25F3N2O2. The molecule has 7 heteroatoms. The van der Waals surface area contributed by atoms with Crippen LogP contribution in [-0.2, 0) is 21.1 Å². The van der Waals surface area contributed by atoms with Gasteiger partial charge in [0.25, 0.3) is 0 Å². The van der Waals surface area contributed by atoms with Crippen LogP contribution in [0.3, 0.4) is 0 Å². The van der Waals surface area contributed by atoms with E-state index < -0.39 is 17.2 Å². The number of rotatable bonds is 4. The van der Waals surface area contributed by atoms with Gasteiger partial charge in [-0.15, -0.1) is 0 Å². The van der Waals surface area contributed by atoms with Gasteiger partial charge in [-0.25, -0.2) is 0 Å². The third-order valence-electron chi connectivity index (χ3n) is 5.47. The highest BCUT2D eigenvalue weighted by atomic mass is 19.4. The van der Waals surface area contributed by atoms with Crippen molar-refractivity contribution in [2.45, 2.75) is 43.4 Å². The molecule has 0 unspecified atom stereocenters. The maximum Gasteiger partial charge on any atom is 0.416 e. The van der Waals surface area contributed by atoms with Gasteiger partial charge in [0.2, 0.25) is 5.91 Å². The van der Waals surface area contributed by atoms with E-state index in [9.17, 15) is 18.0 Å². The molecule has 0 radical (unpaired) electrons. The zero-order chi connectivity index (χ0) is 18.8. The lowest BCUT2D eigenvalue weighted by Gasteiger charge is -2.33. The molecule has 1 saturated heterocycles. The van der Waals surface area contributed by atoms with Crippen molar-refractivity contribution in [3.63, 3.8) is 0 Å². The summed E-state index contributed by atoms with van der Waals surface area (Å²) in [5.74, 6) is -0.189. The predicted molar refractivity (Wildman–Crippen MR) is 91.8 cm³/mol. The molecule has 1 N–H and O–H groups in total. The molecule has 1 saturated carbocycles. The average Bonchev–Trinajstić information content (AvgIpc) is 3.10. The highest BCUT2D eigenvalue weighted by Gasteiger charge is 2.44. The highest BCUT2D eigenvalue weighted by molar-refractivity contribution is 5.88. The molecule has 4 nitrogen and oxygen atoms in total. The molecule has 2 aliphatic rings. The van der Waals surface area contributed by atoms with Gasteiger partial charge >= 0.3 is 6.18 Å². The summed E-state index contributed by atoms with van der Waals surface area (Å²) in [5.41, 5.74) is -1.11. The van der Waals surface area contributed by atoms with Crippen molar-refractivity contribution in [2.24, 2.45) is 0 Å². The number of ether oxygens (including phenoxy) is 1. The first kappa shape index (κ1) is 19.2. The number of likely N-dealkylation sites (N-methyl/N-ethyl adjacent to an activating group) is 1. The Morgan fingerprint density at radius 2 is 2.08 bits per heavy atom. The molecule has 1 heterocycles. The number of nitrogens with zero attached hydrogens (tertiary/aromatic N) is 1. The largest absolute Gasteiger partial charge is 0.416 e. The minimum absolute atomic E-state index is 0.0855. The molecule has 1 atom stereocenters.